The molecule has 106 valence electrons. The Labute approximate surface area is 127 Å². The largest absolute Gasteiger partial charge is 0.480 e. The van der Waals surface area contributed by atoms with E-state index in [1.807, 2.05) is 0 Å². The molecule has 0 aliphatic rings. The van der Waals surface area contributed by atoms with Crippen molar-refractivity contribution in [3.63, 3.8) is 0 Å². The summed E-state index contributed by atoms with van der Waals surface area (Å²) in [4.78, 5) is 8.46. The van der Waals surface area contributed by atoms with E-state index in [1.165, 1.54) is 11.1 Å². The highest BCUT2D eigenvalue weighted by Gasteiger charge is 2.05. The predicted molar refractivity (Wildman–Crippen MR) is 84.1 cm³/mol. The zero-order valence-electron chi connectivity index (χ0n) is 11.9. The number of aromatic nitrogens is 2. The Hall–Kier alpha value is -1.62. The van der Waals surface area contributed by atoms with Gasteiger partial charge in [0.25, 0.3) is 0 Å². The van der Waals surface area contributed by atoms with Crippen molar-refractivity contribution in [2.75, 3.05) is 12.4 Å². The Bertz CT molecular complexity index is 570. The Morgan fingerprint density at radius 3 is 2.55 bits per heavy atom. The molecule has 5 heteroatoms. The van der Waals surface area contributed by atoms with E-state index in [4.69, 9.17) is 4.74 Å². The number of methoxy groups -OCH3 is 1. The van der Waals surface area contributed by atoms with Crippen LogP contribution in [0.25, 0.3) is 0 Å². The first-order chi connectivity index (χ1) is 9.60. The van der Waals surface area contributed by atoms with Crippen molar-refractivity contribution in [2.45, 2.75) is 26.3 Å². The number of ether oxygens (including phenoxy) is 1. The topological polar surface area (TPSA) is 47.0 Å². The van der Waals surface area contributed by atoms with Gasteiger partial charge in [0.1, 0.15) is 0 Å². The first-order valence-corrected chi connectivity index (χ1v) is 7.28. The van der Waals surface area contributed by atoms with Gasteiger partial charge in [0.05, 0.1) is 17.8 Å². The minimum atomic E-state index is 0.526. The highest BCUT2D eigenvalue weighted by molar-refractivity contribution is 9.10. The van der Waals surface area contributed by atoms with Crippen molar-refractivity contribution in [1.29, 1.82) is 0 Å². The molecule has 0 bridgehead atoms. The van der Waals surface area contributed by atoms with Gasteiger partial charge in [0.15, 0.2) is 0 Å². The zero-order valence-corrected chi connectivity index (χ0v) is 13.4. The lowest BCUT2D eigenvalue weighted by Gasteiger charge is -2.09. The van der Waals surface area contributed by atoms with Gasteiger partial charge in [0, 0.05) is 6.54 Å². The second kappa shape index (κ2) is 6.70. The molecule has 20 heavy (non-hydrogen) atoms. The van der Waals surface area contributed by atoms with Crippen LogP contribution in [-0.4, -0.2) is 17.1 Å². The van der Waals surface area contributed by atoms with Gasteiger partial charge in [-0.2, -0.15) is 4.98 Å². The first kappa shape index (κ1) is 14.8. The molecule has 2 rings (SSSR count). The highest BCUT2D eigenvalue weighted by Crippen LogP contribution is 2.22. The fraction of sp³-hybridized carbons (Fsp3) is 0.333. The van der Waals surface area contributed by atoms with Crippen LogP contribution in [0.2, 0.25) is 0 Å². The van der Waals surface area contributed by atoms with E-state index in [-0.39, 0.29) is 0 Å². The van der Waals surface area contributed by atoms with Crippen LogP contribution in [0.3, 0.4) is 0 Å². The maximum Gasteiger partial charge on any atom is 0.232 e. The number of hydrogen-bond donors (Lipinski definition) is 1. The Kier molecular flexibility index (Phi) is 4.95. The van der Waals surface area contributed by atoms with E-state index in [1.54, 1.807) is 13.3 Å². The summed E-state index contributed by atoms with van der Waals surface area (Å²) in [7, 11) is 1.58. The van der Waals surface area contributed by atoms with Crippen molar-refractivity contribution in [3.8, 4) is 5.88 Å². The van der Waals surface area contributed by atoms with Gasteiger partial charge in [-0.1, -0.05) is 38.1 Å². The molecule has 0 amide bonds. The van der Waals surface area contributed by atoms with Crippen LogP contribution >= 0.6 is 15.9 Å². The average molecular weight is 336 g/mol. The summed E-state index contributed by atoms with van der Waals surface area (Å²) in [5.74, 6) is 1.63. The molecular weight excluding hydrogens is 318 g/mol. The van der Waals surface area contributed by atoms with Crippen molar-refractivity contribution >= 4 is 21.9 Å². The number of benzene rings is 1. The zero-order chi connectivity index (χ0) is 14.5. The van der Waals surface area contributed by atoms with Crippen molar-refractivity contribution in [1.82, 2.24) is 9.97 Å². The number of nitrogens with one attached hydrogen (secondary N) is 1. The number of nitrogens with zero attached hydrogens (tertiary/aromatic N) is 2. The van der Waals surface area contributed by atoms with Crippen molar-refractivity contribution in [3.05, 3.63) is 46.1 Å². The molecule has 0 saturated heterocycles. The summed E-state index contributed by atoms with van der Waals surface area (Å²) in [6, 6.07) is 8.56. The molecule has 0 radical (unpaired) electrons. The van der Waals surface area contributed by atoms with E-state index in [0.29, 0.717) is 24.3 Å². The molecule has 0 atom stereocenters. The normalized spacial score (nSPS) is 10.7. The Morgan fingerprint density at radius 2 is 1.95 bits per heavy atom. The van der Waals surface area contributed by atoms with Crippen LogP contribution in [0, 0.1) is 0 Å². The fourth-order valence-corrected chi connectivity index (χ4v) is 2.13. The molecule has 0 spiro atoms. The molecule has 0 unspecified atom stereocenters. The van der Waals surface area contributed by atoms with E-state index in [0.717, 1.165) is 4.47 Å². The third kappa shape index (κ3) is 3.70. The van der Waals surface area contributed by atoms with Crippen LogP contribution in [-0.2, 0) is 6.54 Å². The summed E-state index contributed by atoms with van der Waals surface area (Å²) >= 11 is 3.33. The second-order valence-electron chi connectivity index (χ2n) is 4.80. The highest BCUT2D eigenvalue weighted by atomic mass is 79.9. The molecule has 0 aliphatic carbocycles. The van der Waals surface area contributed by atoms with Crippen LogP contribution in [0.5, 0.6) is 5.88 Å². The van der Waals surface area contributed by atoms with Crippen molar-refractivity contribution < 1.29 is 4.74 Å². The first-order valence-electron chi connectivity index (χ1n) is 6.49. The number of halogens is 1. The summed E-state index contributed by atoms with van der Waals surface area (Å²) in [6.45, 7) is 5.06. The molecular formula is C15H18BrN3O. The predicted octanol–water partition coefficient (Wildman–Crippen LogP) is 3.98. The van der Waals surface area contributed by atoms with Gasteiger partial charge in [0.2, 0.25) is 11.8 Å². The second-order valence-corrected chi connectivity index (χ2v) is 5.65. The lowest BCUT2D eigenvalue weighted by molar-refractivity contribution is 0.394. The van der Waals surface area contributed by atoms with Gasteiger partial charge in [-0.3, -0.25) is 0 Å². The SMILES string of the molecule is COc1nc(NCc2ccc(C(C)C)cc2)ncc1Br. The number of hydrogen-bond acceptors (Lipinski definition) is 4. The van der Waals surface area contributed by atoms with Crippen LogP contribution in [0.15, 0.2) is 34.9 Å². The standard InChI is InChI=1S/C15H18BrN3O/c1-10(2)12-6-4-11(5-7-12)8-17-15-18-9-13(16)14(19-15)20-3/h4-7,9-10H,8H2,1-3H3,(H,17,18,19). The smallest absolute Gasteiger partial charge is 0.232 e. The van der Waals surface area contributed by atoms with Gasteiger partial charge >= 0.3 is 0 Å². The molecule has 0 saturated carbocycles. The van der Waals surface area contributed by atoms with E-state index in [2.05, 4.69) is 69.3 Å². The number of anilines is 1. The minimum Gasteiger partial charge on any atom is -0.480 e. The molecule has 1 heterocycles. The Morgan fingerprint density at radius 1 is 1.25 bits per heavy atom. The van der Waals surface area contributed by atoms with Gasteiger partial charge in [-0.15, -0.1) is 0 Å². The van der Waals surface area contributed by atoms with Crippen molar-refractivity contribution in [2.24, 2.45) is 0 Å². The minimum absolute atomic E-state index is 0.526. The van der Waals surface area contributed by atoms with Crippen LogP contribution in [0.4, 0.5) is 5.95 Å². The number of rotatable bonds is 5. The maximum absolute atomic E-state index is 5.14. The van der Waals surface area contributed by atoms with E-state index >= 15 is 0 Å². The van der Waals surface area contributed by atoms with Crippen LogP contribution in [0.1, 0.15) is 30.9 Å². The third-order valence-electron chi connectivity index (χ3n) is 3.00. The third-order valence-corrected chi connectivity index (χ3v) is 3.55. The Balaban J connectivity index is 2.01. The molecule has 0 fully saturated rings. The van der Waals surface area contributed by atoms with Crippen LogP contribution < -0.4 is 10.1 Å². The molecule has 0 aliphatic heterocycles. The van der Waals surface area contributed by atoms with E-state index in [9.17, 15) is 0 Å². The average Bonchev–Trinajstić information content (AvgIpc) is 2.46. The summed E-state index contributed by atoms with van der Waals surface area (Å²) in [5, 5.41) is 3.19. The summed E-state index contributed by atoms with van der Waals surface area (Å²) in [5.41, 5.74) is 2.54. The molecule has 2 aromatic rings. The monoisotopic (exact) mass is 335 g/mol. The summed E-state index contributed by atoms with van der Waals surface area (Å²) in [6.07, 6.45) is 1.68. The van der Waals surface area contributed by atoms with Gasteiger partial charge < -0.3 is 10.1 Å². The van der Waals surface area contributed by atoms with E-state index < -0.39 is 0 Å². The molecule has 4 nitrogen and oxygen atoms in total. The van der Waals surface area contributed by atoms with Gasteiger partial charge in [-0.05, 0) is 33.0 Å². The molecule has 1 N–H and O–H groups in total. The fourth-order valence-electron chi connectivity index (χ4n) is 1.78. The molecule has 1 aromatic heterocycles. The lowest BCUT2D eigenvalue weighted by Crippen LogP contribution is -2.04. The summed E-state index contributed by atoms with van der Waals surface area (Å²) < 4.78 is 5.88. The lowest BCUT2D eigenvalue weighted by atomic mass is 10.0. The maximum atomic E-state index is 5.14. The molecule has 1 aromatic carbocycles. The van der Waals surface area contributed by atoms with Gasteiger partial charge in [-0.25, -0.2) is 4.98 Å². The quantitative estimate of drug-likeness (QED) is 0.897.